The van der Waals surface area contributed by atoms with Crippen LogP contribution in [0.1, 0.15) is 0 Å². The smallest absolute Gasteiger partial charge is 0.262 e. The van der Waals surface area contributed by atoms with E-state index in [9.17, 15) is 4.79 Å². The number of aromatic nitrogens is 2. The number of hydrogen-bond donors (Lipinski definition) is 2. The third-order valence-corrected chi connectivity index (χ3v) is 3.52. The Kier molecular flexibility index (Phi) is 4.54. The van der Waals surface area contributed by atoms with Crippen LogP contribution in [0.2, 0.25) is 0 Å². The van der Waals surface area contributed by atoms with Crippen molar-refractivity contribution in [1.29, 1.82) is 0 Å². The molecular weight excluding hydrogens is 292 g/mol. The maximum Gasteiger partial charge on any atom is 0.262 e. The lowest BCUT2D eigenvalue weighted by atomic mass is 10.2. The molecule has 0 bridgehead atoms. The normalized spacial score (nSPS) is 10.7. The van der Waals surface area contributed by atoms with Gasteiger partial charge in [-0.3, -0.25) is 14.7 Å². The van der Waals surface area contributed by atoms with E-state index in [2.05, 4.69) is 15.6 Å². The van der Waals surface area contributed by atoms with E-state index in [1.54, 1.807) is 24.1 Å². The average molecular weight is 310 g/mol. The van der Waals surface area contributed by atoms with E-state index in [-0.39, 0.29) is 5.56 Å². The topological polar surface area (TPSA) is 68.2 Å². The SMILES string of the molecule is COc1ccccc1NCNCn1cnc2ccccc2c1=O. The standard InChI is InChI=1S/C17H18N4O2/c1-23-16-9-5-4-8-15(16)19-10-18-11-21-12-20-14-7-3-2-6-13(14)17(21)22/h2-9,12,18-19H,10-11H2,1H3. The molecule has 6 heteroatoms. The molecule has 0 aliphatic carbocycles. The van der Waals surface area contributed by atoms with Gasteiger partial charge in [-0.2, -0.15) is 0 Å². The molecule has 3 aromatic rings. The lowest BCUT2D eigenvalue weighted by Crippen LogP contribution is -2.31. The first-order valence-electron chi connectivity index (χ1n) is 7.31. The molecule has 0 aliphatic rings. The van der Waals surface area contributed by atoms with Crippen molar-refractivity contribution in [2.24, 2.45) is 0 Å². The van der Waals surface area contributed by atoms with Crippen LogP contribution in [0.3, 0.4) is 0 Å². The number of methoxy groups -OCH3 is 1. The van der Waals surface area contributed by atoms with Gasteiger partial charge in [-0.05, 0) is 24.3 Å². The molecule has 2 N–H and O–H groups in total. The molecule has 0 amide bonds. The molecule has 0 radical (unpaired) electrons. The van der Waals surface area contributed by atoms with E-state index in [0.29, 0.717) is 24.2 Å². The summed E-state index contributed by atoms with van der Waals surface area (Å²) in [6.07, 6.45) is 1.56. The number of anilines is 1. The first-order valence-corrected chi connectivity index (χ1v) is 7.31. The van der Waals surface area contributed by atoms with Gasteiger partial charge in [-0.25, -0.2) is 4.98 Å². The van der Waals surface area contributed by atoms with Crippen LogP contribution in [-0.4, -0.2) is 23.3 Å². The summed E-state index contributed by atoms with van der Waals surface area (Å²) in [4.78, 5) is 16.6. The zero-order valence-corrected chi connectivity index (χ0v) is 12.8. The van der Waals surface area contributed by atoms with E-state index < -0.39 is 0 Å². The van der Waals surface area contributed by atoms with E-state index in [1.165, 1.54) is 0 Å². The summed E-state index contributed by atoms with van der Waals surface area (Å²) >= 11 is 0. The maximum absolute atomic E-state index is 12.3. The molecule has 0 fully saturated rings. The molecule has 23 heavy (non-hydrogen) atoms. The van der Waals surface area contributed by atoms with Gasteiger partial charge in [0.05, 0.1) is 43.4 Å². The zero-order valence-electron chi connectivity index (χ0n) is 12.8. The van der Waals surface area contributed by atoms with Gasteiger partial charge in [0.2, 0.25) is 0 Å². The number of fused-ring (bicyclic) bond motifs is 1. The molecule has 0 saturated heterocycles. The van der Waals surface area contributed by atoms with Gasteiger partial charge in [0.1, 0.15) is 5.75 Å². The number of nitrogens with zero attached hydrogens (tertiary/aromatic N) is 2. The van der Waals surface area contributed by atoms with Gasteiger partial charge in [0.15, 0.2) is 0 Å². The maximum atomic E-state index is 12.3. The summed E-state index contributed by atoms with van der Waals surface area (Å²) in [6, 6.07) is 15.0. The molecule has 1 heterocycles. The van der Waals surface area contributed by atoms with Crippen molar-refractivity contribution in [3.8, 4) is 5.75 Å². The predicted octanol–water partition coefficient (Wildman–Crippen LogP) is 2.02. The minimum atomic E-state index is -0.0552. The van der Waals surface area contributed by atoms with E-state index >= 15 is 0 Å². The monoisotopic (exact) mass is 310 g/mol. The number of benzene rings is 2. The van der Waals surface area contributed by atoms with Gasteiger partial charge < -0.3 is 10.1 Å². The van der Waals surface area contributed by atoms with Gasteiger partial charge in [0.25, 0.3) is 5.56 Å². The zero-order chi connectivity index (χ0) is 16.1. The Labute approximate surface area is 133 Å². The highest BCUT2D eigenvalue weighted by Crippen LogP contribution is 2.22. The molecule has 0 atom stereocenters. The Balaban J connectivity index is 1.63. The van der Waals surface area contributed by atoms with Crippen molar-refractivity contribution in [2.75, 3.05) is 19.1 Å². The van der Waals surface area contributed by atoms with Crippen LogP contribution < -0.4 is 20.9 Å². The minimum absolute atomic E-state index is 0.0552. The van der Waals surface area contributed by atoms with Gasteiger partial charge in [-0.1, -0.05) is 24.3 Å². The summed E-state index contributed by atoms with van der Waals surface area (Å²) in [5.74, 6) is 0.777. The summed E-state index contributed by atoms with van der Waals surface area (Å²) < 4.78 is 6.82. The second-order valence-corrected chi connectivity index (χ2v) is 5.00. The lowest BCUT2D eigenvalue weighted by Gasteiger charge is -2.12. The molecule has 0 saturated carbocycles. The predicted molar refractivity (Wildman–Crippen MR) is 90.6 cm³/mol. The summed E-state index contributed by atoms with van der Waals surface area (Å²) in [5, 5.41) is 7.00. The lowest BCUT2D eigenvalue weighted by molar-refractivity contribution is 0.416. The van der Waals surface area contributed by atoms with E-state index in [1.807, 2.05) is 42.5 Å². The number of nitrogens with one attached hydrogen (secondary N) is 2. The first kappa shape index (κ1) is 15.1. The van der Waals surface area contributed by atoms with Gasteiger partial charge >= 0.3 is 0 Å². The first-order chi connectivity index (χ1) is 11.3. The summed E-state index contributed by atoms with van der Waals surface area (Å²) in [5.41, 5.74) is 1.55. The minimum Gasteiger partial charge on any atom is -0.495 e. The van der Waals surface area contributed by atoms with Gasteiger partial charge in [0, 0.05) is 0 Å². The number of para-hydroxylation sites is 3. The van der Waals surface area contributed by atoms with Crippen LogP contribution in [0.4, 0.5) is 5.69 Å². The Morgan fingerprint density at radius 3 is 2.78 bits per heavy atom. The van der Waals surface area contributed by atoms with Crippen molar-refractivity contribution in [3.05, 3.63) is 65.2 Å². The van der Waals surface area contributed by atoms with E-state index in [0.717, 1.165) is 11.4 Å². The van der Waals surface area contributed by atoms with Crippen molar-refractivity contribution in [2.45, 2.75) is 6.67 Å². The van der Waals surface area contributed by atoms with Crippen molar-refractivity contribution in [1.82, 2.24) is 14.9 Å². The summed E-state index contributed by atoms with van der Waals surface area (Å²) in [6.45, 7) is 0.873. The fourth-order valence-electron chi connectivity index (χ4n) is 2.34. The fourth-order valence-corrected chi connectivity index (χ4v) is 2.34. The molecule has 0 aliphatic heterocycles. The Bertz CT molecular complexity index is 860. The Morgan fingerprint density at radius 2 is 1.91 bits per heavy atom. The Hall–Kier alpha value is -2.86. The van der Waals surface area contributed by atoms with Crippen LogP contribution >= 0.6 is 0 Å². The molecule has 1 aromatic heterocycles. The van der Waals surface area contributed by atoms with Crippen molar-refractivity contribution < 1.29 is 4.74 Å². The highest BCUT2D eigenvalue weighted by Gasteiger charge is 2.03. The molecule has 0 unspecified atom stereocenters. The molecule has 3 rings (SSSR count). The number of ether oxygens (including phenoxy) is 1. The van der Waals surface area contributed by atoms with Crippen LogP contribution in [0, 0.1) is 0 Å². The third kappa shape index (κ3) is 3.32. The average Bonchev–Trinajstić information content (AvgIpc) is 2.61. The largest absolute Gasteiger partial charge is 0.495 e. The molecule has 0 spiro atoms. The quantitative estimate of drug-likeness (QED) is 0.538. The molecule has 118 valence electrons. The third-order valence-electron chi connectivity index (χ3n) is 3.52. The van der Waals surface area contributed by atoms with Crippen LogP contribution in [0.15, 0.2) is 59.7 Å². The molecule has 6 nitrogen and oxygen atoms in total. The van der Waals surface area contributed by atoms with Crippen LogP contribution in [0.5, 0.6) is 5.75 Å². The number of rotatable bonds is 6. The van der Waals surface area contributed by atoms with E-state index in [4.69, 9.17) is 4.74 Å². The molecular formula is C17H18N4O2. The second-order valence-electron chi connectivity index (χ2n) is 5.00. The summed E-state index contributed by atoms with van der Waals surface area (Å²) in [7, 11) is 1.63. The highest BCUT2D eigenvalue weighted by molar-refractivity contribution is 5.76. The van der Waals surface area contributed by atoms with Crippen molar-refractivity contribution >= 4 is 16.6 Å². The fraction of sp³-hybridized carbons (Fsp3) is 0.176. The van der Waals surface area contributed by atoms with Crippen molar-refractivity contribution in [3.63, 3.8) is 0 Å². The second kappa shape index (κ2) is 6.93. The molecule has 2 aromatic carbocycles. The Morgan fingerprint density at radius 1 is 1.13 bits per heavy atom. The number of hydrogen-bond acceptors (Lipinski definition) is 5. The highest BCUT2D eigenvalue weighted by atomic mass is 16.5. The van der Waals surface area contributed by atoms with Gasteiger partial charge in [-0.15, -0.1) is 0 Å². The van der Waals surface area contributed by atoms with Crippen LogP contribution in [-0.2, 0) is 6.67 Å². The van der Waals surface area contributed by atoms with Crippen LogP contribution in [0.25, 0.3) is 10.9 Å².